The van der Waals surface area contributed by atoms with E-state index in [4.69, 9.17) is 5.73 Å². The van der Waals surface area contributed by atoms with E-state index in [1.165, 1.54) is 12.1 Å². The summed E-state index contributed by atoms with van der Waals surface area (Å²) in [5.74, 6) is 0.546. The number of halogens is 2. The highest BCUT2D eigenvalue weighted by Crippen LogP contribution is 2.24. The number of nitrogens with two attached hydrogens (primary N) is 1. The number of nitrogens with zero attached hydrogens (tertiary/aromatic N) is 1. The Morgan fingerprint density at radius 1 is 1.50 bits per heavy atom. The van der Waals surface area contributed by atoms with Crippen LogP contribution in [0, 0.1) is 5.82 Å². The van der Waals surface area contributed by atoms with Crippen molar-refractivity contribution in [2.45, 2.75) is 12.5 Å². The summed E-state index contributed by atoms with van der Waals surface area (Å²) in [5, 5.41) is 0. The fourth-order valence-electron chi connectivity index (χ4n) is 1.53. The van der Waals surface area contributed by atoms with E-state index in [0.717, 1.165) is 11.4 Å². The lowest BCUT2D eigenvalue weighted by Crippen LogP contribution is -2.14. The molecule has 0 aliphatic rings. The van der Waals surface area contributed by atoms with Gasteiger partial charge in [-0.1, -0.05) is 22.0 Å². The van der Waals surface area contributed by atoms with Crippen LogP contribution in [0.5, 0.6) is 0 Å². The van der Waals surface area contributed by atoms with Gasteiger partial charge >= 0.3 is 0 Å². The maximum absolute atomic E-state index is 12.9. The van der Waals surface area contributed by atoms with E-state index in [0.29, 0.717) is 10.9 Å². The van der Waals surface area contributed by atoms with Crippen molar-refractivity contribution in [1.29, 1.82) is 0 Å². The molecule has 16 heavy (non-hydrogen) atoms. The fourth-order valence-corrected chi connectivity index (χ4v) is 2.17. The van der Waals surface area contributed by atoms with Crippen LogP contribution in [-0.4, -0.2) is 9.97 Å². The predicted molar refractivity (Wildman–Crippen MR) is 63.3 cm³/mol. The van der Waals surface area contributed by atoms with Crippen LogP contribution >= 0.6 is 15.9 Å². The largest absolute Gasteiger partial charge is 0.349 e. The molecule has 0 aliphatic heterocycles. The Labute approximate surface area is 101 Å². The van der Waals surface area contributed by atoms with Gasteiger partial charge in [0.05, 0.1) is 0 Å². The van der Waals surface area contributed by atoms with Crippen molar-refractivity contribution in [1.82, 2.24) is 9.97 Å². The van der Waals surface area contributed by atoms with Gasteiger partial charge in [0.2, 0.25) is 0 Å². The monoisotopic (exact) mass is 283 g/mol. The van der Waals surface area contributed by atoms with E-state index in [1.54, 1.807) is 18.5 Å². The summed E-state index contributed by atoms with van der Waals surface area (Å²) >= 11 is 3.30. The number of rotatable bonds is 3. The molecule has 1 aromatic carbocycles. The minimum atomic E-state index is -0.277. The molecule has 0 radical (unpaired) electrons. The maximum atomic E-state index is 12.9. The van der Waals surface area contributed by atoms with Gasteiger partial charge in [-0.15, -0.1) is 0 Å². The summed E-state index contributed by atoms with van der Waals surface area (Å²) in [6.07, 6.45) is 4.03. The molecule has 0 saturated carbocycles. The van der Waals surface area contributed by atoms with Crippen molar-refractivity contribution in [2.75, 3.05) is 0 Å². The second-order valence-corrected chi connectivity index (χ2v) is 4.37. The van der Waals surface area contributed by atoms with Crippen molar-refractivity contribution < 1.29 is 4.39 Å². The zero-order valence-electron chi connectivity index (χ0n) is 8.45. The quantitative estimate of drug-likeness (QED) is 0.910. The summed E-state index contributed by atoms with van der Waals surface area (Å²) in [7, 11) is 0. The number of imidazole rings is 1. The van der Waals surface area contributed by atoms with Crippen molar-refractivity contribution in [3.05, 3.63) is 52.3 Å². The van der Waals surface area contributed by atoms with Gasteiger partial charge in [0.15, 0.2) is 0 Å². The lowest BCUT2D eigenvalue weighted by Gasteiger charge is -2.12. The Morgan fingerprint density at radius 2 is 2.31 bits per heavy atom. The molecule has 2 aromatic rings. The maximum Gasteiger partial charge on any atom is 0.124 e. The summed E-state index contributed by atoms with van der Waals surface area (Å²) in [4.78, 5) is 7.09. The molecule has 0 bridgehead atoms. The van der Waals surface area contributed by atoms with Gasteiger partial charge in [-0.25, -0.2) is 9.37 Å². The predicted octanol–water partition coefficient (Wildman–Crippen LogP) is 2.55. The van der Waals surface area contributed by atoms with Gasteiger partial charge in [-0.3, -0.25) is 0 Å². The van der Waals surface area contributed by atoms with Crippen LogP contribution < -0.4 is 5.73 Å². The lowest BCUT2D eigenvalue weighted by molar-refractivity contribution is 0.622. The van der Waals surface area contributed by atoms with Gasteiger partial charge in [-0.2, -0.15) is 0 Å². The first-order chi connectivity index (χ1) is 7.66. The molecule has 84 valence electrons. The highest BCUT2D eigenvalue weighted by Gasteiger charge is 2.12. The van der Waals surface area contributed by atoms with Crippen molar-refractivity contribution in [2.24, 2.45) is 5.73 Å². The van der Waals surface area contributed by atoms with Crippen LogP contribution in [-0.2, 0) is 6.42 Å². The summed E-state index contributed by atoms with van der Waals surface area (Å²) < 4.78 is 13.6. The number of aromatic amines is 1. The Kier molecular flexibility index (Phi) is 3.36. The summed E-state index contributed by atoms with van der Waals surface area (Å²) in [6, 6.07) is 4.30. The Balaban J connectivity index is 2.17. The Morgan fingerprint density at radius 3 is 2.94 bits per heavy atom. The molecule has 0 amide bonds. The molecule has 1 aromatic heterocycles. The molecule has 0 saturated heterocycles. The average molecular weight is 284 g/mol. The molecule has 3 nitrogen and oxygen atoms in total. The standard InChI is InChI=1S/C11H11BrFN3/c12-9-5-7(13)1-2-8(9)10(14)6-11-15-3-4-16-11/h1-5,10H,6,14H2,(H,15,16). The molecule has 1 heterocycles. The number of nitrogens with one attached hydrogen (secondary N) is 1. The molecule has 3 N–H and O–H groups in total. The minimum Gasteiger partial charge on any atom is -0.349 e. The zero-order chi connectivity index (χ0) is 11.5. The van der Waals surface area contributed by atoms with Gasteiger partial charge in [0, 0.05) is 29.3 Å². The van der Waals surface area contributed by atoms with Crippen LogP contribution in [0.15, 0.2) is 35.1 Å². The molecular weight excluding hydrogens is 273 g/mol. The third-order valence-corrected chi connectivity index (χ3v) is 3.02. The van der Waals surface area contributed by atoms with Gasteiger partial charge in [-0.05, 0) is 17.7 Å². The van der Waals surface area contributed by atoms with Crippen molar-refractivity contribution in [3.8, 4) is 0 Å². The topological polar surface area (TPSA) is 54.7 Å². The smallest absolute Gasteiger partial charge is 0.124 e. The highest BCUT2D eigenvalue weighted by molar-refractivity contribution is 9.10. The van der Waals surface area contributed by atoms with E-state index < -0.39 is 0 Å². The van der Waals surface area contributed by atoms with Crippen LogP contribution in [0.4, 0.5) is 4.39 Å². The number of hydrogen-bond donors (Lipinski definition) is 2. The number of hydrogen-bond acceptors (Lipinski definition) is 2. The van der Waals surface area contributed by atoms with Crippen LogP contribution in [0.3, 0.4) is 0 Å². The molecule has 0 spiro atoms. The van der Waals surface area contributed by atoms with E-state index in [1.807, 2.05) is 0 Å². The van der Waals surface area contributed by atoms with Crippen LogP contribution in [0.25, 0.3) is 0 Å². The first-order valence-electron chi connectivity index (χ1n) is 4.85. The average Bonchev–Trinajstić information content (AvgIpc) is 2.70. The molecular formula is C11H11BrFN3. The SMILES string of the molecule is NC(Cc1ncc[nH]1)c1ccc(F)cc1Br. The van der Waals surface area contributed by atoms with Gasteiger partial charge < -0.3 is 10.7 Å². The van der Waals surface area contributed by atoms with Crippen LogP contribution in [0.1, 0.15) is 17.4 Å². The third kappa shape index (κ3) is 2.48. The van der Waals surface area contributed by atoms with E-state index in [-0.39, 0.29) is 11.9 Å². The Bertz CT molecular complexity index is 470. The third-order valence-electron chi connectivity index (χ3n) is 2.33. The van der Waals surface area contributed by atoms with Crippen LogP contribution in [0.2, 0.25) is 0 Å². The molecule has 1 atom stereocenters. The van der Waals surface area contributed by atoms with Crippen molar-refractivity contribution in [3.63, 3.8) is 0 Å². The van der Waals surface area contributed by atoms with Gasteiger partial charge in [0.1, 0.15) is 11.6 Å². The molecule has 0 fully saturated rings. The first-order valence-corrected chi connectivity index (χ1v) is 5.65. The zero-order valence-corrected chi connectivity index (χ0v) is 10.0. The highest BCUT2D eigenvalue weighted by atomic mass is 79.9. The number of H-pyrrole nitrogens is 1. The number of benzene rings is 1. The normalized spacial score (nSPS) is 12.7. The second kappa shape index (κ2) is 4.76. The Hall–Kier alpha value is -1.20. The van der Waals surface area contributed by atoms with Gasteiger partial charge in [0.25, 0.3) is 0 Å². The molecule has 5 heteroatoms. The van der Waals surface area contributed by atoms with Crippen molar-refractivity contribution >= 4 is 15.9 Å². The number of aromatic nitrogens is 2. The van der Waals surface area contributed by atoms with E-state index >= 15 is 0 Å². The van der Waals surface area contributed by atoms with E-state index in [9.17, 15) is 4.39 Å². The summed E-state index contributed by atoms with van der Waals surface area (Å²) in [6.45, 7) is 0. The molecule has 1 unspecified atom stereocenters. The summed E-state index contributed by atoms with van der Waals surface area (Å²) in [5.41, 5.74) is 6.90. The molecule has 0 aliphatic carbocycles. The fraction of sp³-hybridized carbons (Fsp3) is 0.182. The second-order valence-electron chi connectivity index (χ2n) is 3.51. The lowest BCUT2D eigenvalue weighted by atomic mass is 10.0. The molecule has 2 rings (SSSR count). The minimum absolute atomic E-state index is 0.207. The first kappa shape index (κ1) is 11.3. The van der Waals surface area contributed by atoms with E-state index in [2.05, 4.69) is 25.9 Å².